The van der Waals surface area contributed by atoms with Crippen molar-refractivity contribution in [3.05, 3.63) is 29.8 Å². The summed E-state index contributed by atoms with van der Waals surface area (Å²) in [5.74, 6) is -0.579. The van der Waals surface area contributed by atoms with Crippen LogP contribution in [0.3, 0.4) is 0 Å². The van der Waals surface area contributed by atoms with Crippen LogP contribution in [0.5, 0.6) is 0 Å². The molecule has 1 amide bonds. The van der Waals surface area contributed by atoms with Crippen molar-refractivity contribution in [2.75, 3.05) is 19.4 Å². The number of sulfone groups is 1. The van der Waals surface area contributed by atoms with E-state index in [1.807, 2.05) is 0 Å². The first kappa shape index (κ1) is 15.7. The molecule has 0 saturated carbocycles. The molecule has 0 aromatic heterocycles. The summed E-state index contributed by atoms with van der Waals surface area (Å²) in [7, 11) is -3.29. The van der Waals surface area contributed by atoms with Gasteiger partial charge < -0.3 is 4.74 Å². The predicted molar refractivity (Wildman–Crippen MR) is 81.5 cm³/mol. The Labute approximate surface area is 133 Å². The zero-order valence-electron chi connectivity index (χ0n) is 12.8. The molecular formula is C15H16N2O5S. The molecule has 3 rings (SSSR count). The van der Waals surface area contributed by atoms with Crippen LogP contribution in [-0.4, -0.2) is 50.4 Å². The molecule has 2 heterocycles. The molecule has 2 aliphatic rings. The van der Waals surface area contributed by atoms with Gasteiger partial charge >= 0.3 is 5.97 Å². The van der Waals surface area contributed by atoms with E-state index in [2.05, 4.69) is 5.10 Å². The number of hydrogen-bond donors (Lipinski definition) is 0. The van der Waals surface area contributed by atoms with E-state index in [0.29, 0.717) is 11.3 Å². The minimum atomic E-state index is -3.29. The summed E-state index contributed by atoms with van der Waals surface area (Å²) in [5.41, 5.74) is 0.0637. The number of ether oxygens (including phenoxy) is 1. The molecule has 1 aromatic carbocycles. The maximum atomic E-state index is 12.5. The zero-order valence-corrected chi connectivity index (χ0v) is 13.6. The molecule has 1 fully saturated rings. The van der Waals surface area contributed by atoms with Crippen LogP contribution >= 0.6 is 0 Å². The third-order valence-corrected chi connectivity index (χ3v) is 5.18. The molecule has 7 nitrogen and oxygen atoms in total. The Bertz CT molecular complexity index is 813. The molecule has 1 atom stereocenters. The molecule has 1 saturated heterocycles. The molecule has 1 unspecified atom stereocenters. The summed E-state index contributed by atoms with van der Waals surface area (Å²) in [4.78, 5) is 24.2. The van der Waals surface area contributed by atoms with Gasteiger partial charge in [0.25, 0.3) is 5.91 Å². The molecular weight excluding hydrogens is 320 g/mol. The van der Waals surface area contributed by atoms with Gasteiger partial charge in [0.15, 0.2) is 9.84 Å². The van der Waals surface area contributed by atoms with Crippen LogP contribution < -0.4 is 0 Å². The Morgan fingerprint density at radius 3 is 2.48 bits per heavy atom. The van der Waals surface area contributed by atoms with E-state index in [-0.39, 0.29) is 36.3 Å². The van der Waals surface area contributed by atoms with Gasteiger partial charge in [-0.25, -0.2) is 13.4 Å². The molecule has 8 heteroatoms. The monoisotopic (exact) mass is 336 g/mol. The van der Waals surface area contributed by atoms with E-state index in [1.165, 1.54) is 17.1 Å². The first-order valence-electron chi connectivity index (χ1n) is 7.09. The van der Waals surface area contributed by atoms with Crippen molar-refractivity contribution in [3.8, 4) is 0 Å². The fourth-order valence-electron chi connectivity index (χ4n) is 2.67. The fourth-order valence-corrected chi connectivity index (χ4v) is 3.31. The summed E-state index contributed by atoms with van der Waals surface area (Å²) in [6, 6.07) is 6.19. The number of hydrogen-bond acceptors (Lipinski definition) is 6. The van der Waals surface area contributed by atoms with Crippen LogP contribution in [0, 0.1) is 5.41 Å². The number of amides is 1. The SMILES string of the molecule is CC12COC(=O)CCN(N=C1c1ccc(S(C)(=O)=O)cc1)C2=O. The molecule has 2 aliphatic heterocycles. The number of benzene rings is 1. The van der Waals surface area contributed by atoms with Gasteiger partial charge in [0.05, 0.1) is 23.6 Å². The van der Waals surface area contributed by atoms with Crippen LogP contribution in [0.15, 0.2) is 34.3 Å². The smallest absolute Gasteiger partial charge is 0.307 e. The standard InChI is InChI=1S/C15H16N2O5S/c1-15-9-22-12(18)7-8-17(14(15)19)16-13(15)10-3-5-11(6-4-10)23(2,20)21/h3-6H,7-9H2,1-2H3. The third-order valence-electron chi connectivity index (χ3n) is 4.06. The first-order chi connectivity index (χ1) is 10.7. The summed E-state index contributed by atoms with van der Waals surface area (Å²) >= 11 is 0. The van der Waals surface area contributed by atoms with Gasteiger partial charge in [-0.15, -0.1) is 0 Å². The van der Waals surface area contributed by atoms with E-state index in [4.69, 9.17) is 4.74 Å². The predicted octanol–water partition coefficient (Wildman–Crippen LogP) is 0.590. The highest BCUT2D eigenvalue weighted by Crippen LogP contribution is 2.34. The molecule has 0 spiro atoms. The van der Waals surface area contributed by atoms with Crippen molar-refractivity contribution in [2.45, 2.75) is 18.2 Å². The van der Waals surface area contributed by atoms with Crippen molar-refractivity contribution in [3.63, 3.8) is 0 Å². The molecule has 122 valence electrons. The molecule has 2 bridgehead atoms. The number of nitrogens with zero attached hydrogens (tertiary/aromatic N) is 2. The summed E-state index contributed by atoms with van der Waals surface area (Å²) in [5, 5.41) is 5.63. The quantitative estimate of drug-likeness (QED) is 0.737. The lowest BCUT2D eigenvalue weighted by atomic mass is 9.82. The Kier molecular flexibility index (Phi) is 3.51. The van der Waals surface area contributed by atoms with E-state index in [0.717, 1.165) is 6.26 Å². The van der Waals surface area contributed by atoms with Gasteiger partial charge in [-0.3, -0.25) is 9.59 Å². The van der Waals surface area contributed by atoms with E-state index in [9.17, 15) is 18.0 Å². The van der Waals surface area contributed by atoms with Gasteiger partial charge in [0.2, 0.25) is 0 Å². The van der Waals surface area contributed by atoms with Gasteiger partial charge in [0, 0.05) is 6.26 Å². The number of cyclic esters (lactones) is 1. The van der Waals surface area contributed by atoms with Crippen LogP contribution in [0.4, 0.5) is 0 Å². The van der Waals surface area contributed by atoms with E-state index >= 15 is 0 Å². The Hall–Kier alpha value is -2.22. The van der Waals surface area contributed by atoms with Crippen molar-refractivity contribution in [1.82, 2.24) is 5.01 Å². The molecule has 0 radical (unpaired) electrons. The van der Waals surface area contributed by atoms with Crippen molar-refractivity contribution in [2.24, 2.45) is 10.5 Å². The highest BCUT2D eigenvalue weighted by atomic mass is 32.2. The largest absolute Gasteiger partial charge is 0.464 e. The number of fused-ring (bicyclic) bond motifs is 2. The minimum absolute atomic E-state index is 0.0756. The Morgan fingerprint density at radius 2 is 1.87 bits per heavy atom. The second kappa shape index (κ2) is 5.16. The number of rotatable bonds is 2. The lowest BCUT2D eigenvalue weighted by Crippen LogP contribution is -2.44. The van der Waals surface area contributed by atoms with Crippen molar-refractivity contribution < 1.29 is 22.7 Å². The Balaban J connectivity index is 2.02. The first-order valence-corrected chi connectivity index (χ1v) is 8.98. The van der Waals surface area contributed by atoms with Crippen molar-refractivity contribution in [1.29, 1.82) is 0 Å². The second-order valence-corrected chi connectivity index (χ2v) is 7.93. The molecule has 23 heavy (non-hydrogen) atoms. The van der Waals surface area contributed by atoms with Crippen LogP contribution in [0.25, 0.3) is 0 Å². The number of esters is 1. The highest BCUT2D eigenvalue weighted by Gasteiger charge is 2.49. The van der Waals surface area contributed by atoms with Gasteiger partial charge in [-0.1, -0.05) is 12.1 Å². The molecule has 0 N–H and O–H groups in total. The van der Waals surface area contributed by atoms with Crippen LogP contribution in [-0.2, 0) is 24.2 Å². The highest BCUT2D eigenvalue weighted by molar-refractivity contribution is 7.90. The minimum Gasteiger partial charge on any atom is -0.464 e. The van der Waals surface area contributed by atoms with Gasteiger partial charge in [-0.2, -0.15) is 5.10 Å². The van der Waals surface area contributed by atoms with Crippen LogP contribution in [0.2, 0.25) is 0 Å². The van der Waals surface area contributed by atoms with Gasteiger partial charge in [-0.05, 0) is 24.6 Å². The van der Waals surface area contributed by atoms with Gasteiger partial charge in [0.1, 0.15) is 12.0 Å². The zero-order chi connectivity index (χ0) is 16.8. The van der Waals surface area contributed by atoms with E-state index in [1.54, 1.807) is 19.1 Å². The maximum Gasteiger partial charge on any atom is 0.307 e. The van der Waals surface area contributed by atoms with E-state index < -0.39 is 15.3 Å². The fraction of sp³-hybridized carbons (Fsp3) is 0.400. The lowest BCUT2D eigenvalue weighted by molar-refractivity contribution is -0.153. The number of carbonyl (C=O) groups is 2. The summed E-state index contributed by atoms with van der Waals surface area (Å²) in [6.45, 7) is 1.78. The average molecular weight is 336 g/mol. The lowest BCUT2D eigenvalue weighted by Gasteiger charge is -2.26. The second-order valence-electron chi connectivity index (χ2n) is 5.92. The summed E-state index contributed by atoms with van der Waals surface area (Å²) in [6.07, 6.45) is 1.23. The third kappa shape index (κ3) is 2.63. The van der Waals surface area contributed by atoms with Crippen LogP contribution in [0.1, 0.15) is 18.9 Å². The normalized spacial score (nSPS) is 24.8. The number of carbonyl (C=O) groups excluding carboxylic acids is 2. The summed E-state index contributed by atoms with van der Waals surface area (Å²) < 4.78 is 28.2. The van der Waals surface area contributed by atoms with Crippen molar-refractivity contribution >= 4 is 27.4 Å². The topological polar surface area (TPSA) is 93.1 Å². The molecule has 1 aromatic rings. The number of hydrazone groups is 1. The maximum absolute atomic E-state index is 12.5. The molecule has 0 aliphatic carbocycles. The average Bonchev–Trinajstić information content (AvgIpc) is 2.77. The Morgan fingerprint density at radius 1 is 1.22 bits per heavy atom.